The zero-order valence-corrected chi connectivity index (χ0v) is 30.6. The fraction of sp³-hybridized carbons (Fsp3) is 0.844. The molecule has 0 aromatic heterocycles. The number of carbonyl (C=O) groups is 5. The molecule has 4 amide bonds. The number of alkyl carbamates (subject to hydrolysis) is 1. The Kier molecular flexibility index (Phi) is 15.1. The van der Waals surface area contributed by atoms with Gasteiger partial charge in [0.25, 0.3) is 0 Å². The second-order valence-electron chi connectivity index (χ2n) is 15.6. The molecule has 1 aliphatic heterocycles. The Bertz CT molecular complexity index is 1030. The summed E-state index contributed by atoms with van der Waals surface area (Å²) in [5, 5.41) is 12.2. The van der Waals surface area contributed by atoms with Crippen LogP contribution >= 0.6 is 0 Å². The van der Waals surface area contributed by atoms with E-state index < -0.39 is 58.8 Å². The van der Waals surface area contributed by atoms with E-state index in [0.717, 1.165) is 0 Å². The van der Waals surface area contributed by atoms with E-state index in [4.69, 9.17) is 18.9 Å². The van der Waals surface area contributed by atoms with E-state index >= 15 is 0 Å². The van der Waals surface area contributed by atoms with Crippen molar-refractivity contribution >= 4 is 30.3 Å². The lowest BCUT2D eigenvalue weighted by atomic mass is 10.2. The lowest BCUT2D eigenvalue weighted by Gasteiger charge is -2.36. The normalized spacial score (nSPS) is 17.1. The minimum Gasteiger partial charge on any atom is -0.480 e. The Hall–Kier alpha value is -3.49. The van der Waals surface area contributed by atoms with Crippen LogP contribution in [0.4, 0.5) is 19.2 Å². The number of amides is 4. The lowest BCUT2D eigenvalue weighted by Crippen LogP contribution is -2.52. The first kappa shape index (κ1) is 41.5. The minimum absolute atomic E-state index is 0.0277. The molecule has 272 valence electrons. The van der Waals surface area contributed by atoms with Crippen LogP contribution in [0.1, 0.15) is 89.5 Å². The number of carbonyl (C=O) groups excluding carboxylic acids is 4. The molecule has 0 spiro atoms. The highest BCUT2D eigenvalue weighted by Crippen LogP contribution is 2.15. The summed E-state index contributed by atoms with van der Waals surface area (Å²) in [4.78, 5) is 70.4. The van der Waals surface area contributed by atoms with Gasteiger partial charge in [0.2, 0.25) is 0 Å². The number of aliphatic carboxylic acids is 1. The summed E-state index contributed by atoms with van der Waals surface area (Å²) in [6.07, 6.45) is -2.53. The van der Waals surface area contributed by atoms with E-state index in [2.05, 4.69) is 5.32 Å². The van der Waals surface area contributed by atoms with Gasteiger partial charge in [0.05, 0.1) is 0 Å². The number of rotatable bonds is 5. The molecule has 0 bridgehead atoms. The number of nitrogens with zero attached hydrogens (tertiary/aromatic N) is 4. The second-order valence-corrected chi connectivity index (χ2v) is 15.6. The van der Waals surface area contributed by atoms with Crippen LogP contribution in [0.3, 0.4) is 0 Å². The molecule has 47 heavy (non-hydrogen) atoms. The van der Waals surface area contributed by atoms with E-state index in [0.29, 0.717) is 0 Å². The van der Waals surface area contributed by atoms with Crippen LogP contribution in [-0.4, -0.2) is 142 Å². The van der Waals surface area contributed by atoms with Gasteiger partial charge in [0.15, 0.2) is 0 Å². The van der Waals surface area contributed by atoms with E-state index in [1.165, 1.54) is 14.7 Å². The molecule has 15 nitrogen and oxygen atoms in total. The fourth-order valence-electron chi connectivity index (χ4n) is 4.22. The average molecular weight is 674 g/mol. The van der Waals surface area contributed by atoms with Gasteiger partial charge in [-0.05, 0) is 89.5 Å². The number of carboxylic acids is 1. The van der Waals surface area contributed by atoms with E-state index in [9.17, 15) is 29.1 Å². The van der Waals surface area contributed by atoms with Gasteiger partial charge in [0, 0.05) is 58.9 Å². The van der Waals surface area contributed by atoms with Crippen LogP contribution in [-0.2, 0) is 23.7 Å². The SMILES string of the molecule is CC(C)(C)OC(=O)N[C@@H](CCN1CCN(C(=O)OC(C)(C)C)CCN(C(=O)OC(C)(C)C)CCN(C(=O)OC(C)(C)C)CC1)C(=O)O. The summed E-state index contributed by atoms with van der Waals surface area (Å²) >= 11 is 0. The number of hydrogen-bond acceptors (Lipinski definition) is 10. The third-order valence-electron chi connectivity index (χ3n) is 6.33. The zero-order valence-electron chi connectivity index (χ0n) is 30.6. The predicted octanol–water partition coefficient (Wildman–Crippen LogP) is 4.38. The third kappa shape index (κ3) is 18.4. The molecular weight excluding hydrogens is 614 g/mol. The quantitative estimate of drug-likeness (QED) is 0.398. The van der Waals surface area contributed by atoms with Crippen molar-refractivity contribution in [2.45, 2.75) is 118 Å². The van der Waals surface area contributed by atoms with Crippen molar-refractivity contribution in [1.82, 2.24) is 24.9 Å². The van der Waals surface area contributed by atoms with Gasteiger partial charge in [-0.1, -0.05) is 0 Å². The molecule has 1 saturated heterocycles. The standard InChI is InChI=1S/C32H59N5O10/c1-29(2,3)44-25(40)33-23(24(38)39)13-14-34-15-17-35(26(41)45-30(4,5)6)19-21-37(28(43)47-32(10,11)12)22-20-36(18-16-34)27(42)46-31(7,8)9/h23H,13-22H2,1-12H3,(H,33,40)(H,38,39)/t23-/m0/s1. The Labute approximate surface area is 280 Å². The first-order valence-corrected chi connectivity index (χ1v) is 16.1. The highest BCUT2D eigenvalue weighted by Gasteiger charge is 2.30. The van der Waals surface area contributed by atoms with Gasteiger partial charge in [-0.25, -0.2) is 24.0 Å². The third-order valence-corrected chi connectivity index (χ3v) is 6.33. The second kappa shape index (κ2) is 17.1. The Morgan fingerprint density at radius 1 is 0.553 bits per heavy atom. The fourth-order valence-corrected chi connectivity index (χ4v) is 4.22. The van der Waals surface area contributed by atoms with Crippen molar-refractivity contribution in [1.29, 1.82) is 0 Å². The maximum absolute atomic E-state index is 13.2. The summed E-state index contributed by atoms with van der Waals surface area (Å²) in [7, 11) is 0. The molecule has 15 heteroatoms. The van der Waals surface area contributed by atoms with Gasteiger partial charge in [-0.2, -0.15) is 0 Å². The lowest BCUT2D eigenvalue weighted by molar-refractivity contribution is -0.139. The Balaban J connectivity index is 3.34. The summed E-state index contributed by atoms with van der Waals surface area (Å²) < 4.78 is 22.1. The van der Waals surface area contributed by atoms with Gasteiger partial charge in [-0.3, -0.25) is 4.90 Å². The number of carboxylic acid groups (broad SMARTS) is 1. The molecule has 1 rings (SSSR count). The van der Waals surface area contributed by atoms with Crippen LogP contribution in [0, 0.1) is 0 Å². The van der Waals surface area contributed by atoms with Gasteiger partial charge in [-0.15, -0.1) is 0 Å². The number of nitrogens with one attached hydrogen (secondary N) is 1. The van der Waals surface area contributed by atoms with E-state index in [-0.39, 0.29) is 65.3 Å². The molecule has 0 radical (unpaired) electrons. The maximum Gasteiger partial charge on any atom is 0.410 e. The van der Waals surface area contributed by atoms with Gasteiger partial charge in [0.1, 0.15) is 28.4 Å². The van der Waals surface area contributed by atoms with Crippen LogP contribution in [0.2, 0.25) is 0 Å². The highest BCUT2D eigenvalue weighted by atomic mass is 16.6. The summed E-state index contributed by atoms with van der Waals surface area (Å²) in [6.45, 7) is 22.5. The molecule has 0 aromatic carbocycles. The molecule has 0 aromatic rings. The van der Waals surface area contributed by atoms with Gasteiger partial charge < -0.3 is 44.1 Å². The van der Waals surface area contributed by atoms with Crippen LogP contribution in [0.5, 0.6) is 0 Å². The summed E-state index contributed by atoms with van der Waals surface area (Å²) in [5.41, 5.74) is -3.09. The Morgan fingerprint density at radius 3 is 1.13 bits per heavy atom. The topological polar surface area (TPSA) is 167 Å². The molecule has 1 fully saturated rings. The molecule has 0 unspecified atom stereocenters. The van der Waals surface area contributed by atoms with Crippen molar-refractivity contribution in [2.75, 3.05) is 58.9 Å². The van der Waals surface area contributed by atoms with Gasteiger partial charge >= 0.3 is 30.3 Å². The van der Waals surface area contributed by atoms with Crippen molar-refractivity contribution in [3.63, 3.8) is 0 Å². The van der Waals surface area contributed by atoms with Crippen LogP contribution in [0.15, 0.2) is 0 Å². The molecule has 1 atom stereocenters. The van der Waals surface area contributed by atoms with E-state index in [1.54, 1.807) is 83.1 Å². The smallest absolute Gasteiger partial charge is 0.410 e. The molecule has 0 aliphatic carbocycles. The van der Waals surface area contributed by atoms with Crippen molar-refractivity contribution in [2.24, 2.45) is 0 Å². The maximum atomic E-state index is 13.2. The molecular formula is C32H59N5O10. The largest absolute Gasteiger partial charge is 0.480 e. The Morgan fingerprint density at radius 2 is 0.851 bits per heavy atom. The van der Waals surface area contributed by atoms with Crippen LogP contribution < -0.4 is 5.32 Å². The van der Waals surface area contributed by atoms with Crippen molar-refractivity contribution in [3.05, 3.63) is 0 Å². The summed E-state index contributed by atoms with van der Waals surface area (Å²) in [6, 6.07) is -1.24. The first-order valence-electron chi connectivity index (χ1n) is 16.1. The molecule has 2 N–H and O–H groups in total. The van der Waals surface area contributed by atoms with Crippen molar-refractivity contribution in [3.8, 4) is 0 Å². The highest BCUT2D eigenvalue weighted by molar-refractivity contribution is 5.80. The monoisotopic (exact) mass is 673 g/mol. The van der Waals surface area contributed by atoms with Crippen LogP contribution in [0.25, 0.3) is 0 Å². The number of hydrogen-bond donors (Lipinski definition) is 2. The molecule has 0 saturated carbocycles. The van der Waals surface area contributed by atoms with E-state index in [1.807, 2.05) is 4.90 Å². The van der Waals surface area contributed by atoms with Crippen molar-refractivity contribution < 1.29 is 48.0 Å². The predicted molar refractivity (Wildman–Crippen MR) is 175 cm³/mol. The first-order chi connectivity index (χ1) is 21.2. The minimum atomic E-state index is -1.24. The summed E-state index contributed by atoms with van der Waals surface area (Å²) in [5.74, 6) is -1.22. The molecule has 1 aliphatic rings. The zero-order chi connectivity index (χ0) is 36.4. The average Bonchev–Trinajstić information content (AvgIpc) is 2.83. The number of ether oxygens (including phenoxy) is 4. The molecule has 1 heterocycles.